The molecule has 0 saturated carbocycles. The Morgan fingerprint density at radius 2 is 2.10 bits per heavy atom. The molecule has 0 radical (unpaired) electrons. The van der Waals surface area contributed by atoms with E-state index in [1.54, 1.807) is 48.8 Å². The predicted octanol–water partition coefficient (Wildman–Crippen LogP) is 3.19. The molecule has 2 aromatic rings. The first-order chi connectivity index (χ1) is 10.2. The molecule has 1 aromatic carbocycles. The first kappa shape index (κ1) is 14.6. The summed E-state index contributed by atoms with van der Waals surface area (Å²) in [5, 5.41) is 14.9. The number of para-hydroxylation sites is 1. The first-order valence-corrected chi connectivity index (χ1v) is 6.41. The van der Waals surface area contributed by atoms with Gasteiger partial charge < -0.3 is 10.6 Å². The molecule has 0 aliphatic carbocycles. The molecule has 5 nitrogen and oxygen atoms in total. The van der Waals surface area contributed by atoms with Crippen molar-refractivity contribution < 1.29 is 4.79 Å². The largest absolute Gasteiger partial charge is 0.359 e. The molecule has 6 heteroatoms. The Labute approximate surface area is 126 Å². The van der Waals surface area contributed by atoms with Gasteiger partial charge in [0.15, 0.2) is 0 Å². The lowest BCUT2D eigenvalue weighted by molar-refractivity contribution is -0.112. The summed E-state index contributed by atoms with van der Waals surface area (Å²) >= 11 is 5.95. The van der Waals surface area contributed by atoms with Gasteiger partial charge in [-0.25, -0.2) is 0 Å². The summed E-state index contributed by atoms with van der Waals surface area (Å²) in [5.41, 5.74) is 1.06. The molecular weight excluding hydrogens is 288 g/mol. The number of nitriles is 1. The highest BCUT2D eigenvalue weighted by atomic mass is 35.5. The minimum Gasteiger partial charge on any atom is -0.359 e. The number of benzene rings is 1. The maximum absolute atomic E-state index is 12.0. The maximum Gasteiger partial charge on any atom is 0.267 e. The van der Waals surface area contributed by atoms with Crippen LogP contribution in [0.5, 0.6) is 0 Å². The summed E-state index contributed by atoms with van der Waals surface area (Å²) in [5.74, 6) is -0.540. The van der Waals surface area contributed by atoms with E-state index in [1.807, 2.05) is 6.07 Å². The highest BCUT2D eigenvalue weighted by molar-refractivity contribution is 6.33. The van der Waals surface area contributed by atoms with E-state index in [2.05, 4.69) is 15.6 Å². The molecule has 1 aromatic heterocycles. The zero-order valence-corrected chi connectivity index (χ0v) is 11.6. The molecule has 21 heavy (non-hydrogen) atoms. The van der Waals surface area contributed by atoms with Crippen LogP contribution in [0.1, 0.15) is 0 Å². The quantitative estimate of drug-likeness (QED) is 0.671. The zero-order chi connectivity index (χ0) is 15.1. The fourth-order valence-electron chi connectivity index (χ4n) is 1.50. The second-order valence-corrected chi connectivity index (χ2v) is 4.40. The van der Waals surface area contributed by atoms with Gasteiger partial charge in [0.05, 0.1) is 22.6 Å². The van der Waals surface area contributed by atoms with Crippen LogP contribution in [0.4, 0.5) is 11.4 Å². The number of pyridine rings is 1. The third kappa shape index (κ3) is 4.06. The van der Waals surface area contributed by atoms with Gasteiger partial charge in [-0.15, -0.1) is 0 Å². The van der Waals surface area contributed by atoms with Crippen molar-refractivity contribution >= 4 is 28.9 Å². The van der Waals surface area contributed by atoms with E-state index in [-0.39, 0.29) is 5.57 Å². The number of rotatable bonds is 4. The molecule has 2 N–H and O–H groups in total. The number of hydrogen-bond acceptors (Lipinski definition) is 4. The molecule has 2 rings (SSSR count). The molecule has 0 saturated heterocycles. The topological polar surface area (TPSA) is 77.8 Å². The van der Waals surface area contributed by atoms with Crippen molar-refractivity contribution in [1.82, 2.24) is 4.98 Å². The smallest absolute Gasteiger partial charge is 0.267 e. The molecule has 0 bridgehead atoms. The molecule has 0 aliphatic rings. The van der Waals surface area contributed by atoms with E-state index in [4.69, 9.17) is 16.9 Å². The second kappa shape index (κ2) is 7.08. The number of carbonyl (C=O) groups excluding carboxylic acids is 1. The van der Waals surface area contributed by atoms with Crippen LogP contribution in [0.3, 0.4) is 0 Å². The molecule has 1 amide bonds. The van der Waals surface area contributed by atoms with Crippen molar-refractivity contribution in [2.75, 3.05) is 10.6 Å². The molecule has 104 valence electrons. The summed E-state index contributed by atoms with van der Waals surface area (Å²) in [4.78, 5) is 15.9. The number of nitrogens with zero attached hydrogens (tertiary/aromatic N) is 2. The van der Waals surface area contributed by atoms with Crippen molar-refractivity contribution in [3.05, 3.63) is 65.6 Å². The van der Waals surface area contributed by atoms with Gasteiger partial charge >= 0.3 is 0 Å². The Balaban J connectivity index is 2.09. The van der Waals surface area contributed by atoms with Crippen LogP contribution in [0.2, 0.25) is 5.02 Å². The number of aromatic nitrogens is 1. The maximum atomic E-state index is 12.0. The van der Waals surface area contributed by atoms with Crippen LogP contribution in [-0.2, 0) is 4.79 Å². The fourth-order valence-corrected chi connectivity index (χ4v) is 1.69. The van der Waals surface area contributed by atoms with Crippen molar-refractivity contribution in [3.8, 4) is 6.07 Å². The summed E-state index contributed by atoms with van der Waals surface area (Å²) in [7, 11) is 0. The van der Waals surface area contributed by atoms with E-state index in [1.165, 1.54) is 6.20 Å². The summed E-state index contributed by atoms with van der Waals surface area (Å²) in [6.07, 6.45) is 4.53. The predicted molar refractivity (Wildman–Crippen MR) is 81.6 cm³/mol. The lowest BCUT2D eigenvalue weighted by Crippen LogP contribution is -2.14. The monoisotopic (exact) mass is 298 g/mol. The molecular formula is C15H11ClN4O. The summed E-state index contributed by atoms with van der Waals surface area (Å²) < 4.78 is 0. The molecule has 1 heterocycles. The average molecular weight is 299 g/mol. The molecule has 0 spiro atoms. The van der Waals surface area contributed by atoms with Crippen molar-refractivity contribution in [1.29, 1.82) is 5.26 Å². The molecule has 0 unspecified atom stereocenters. The number of halogens is 1. The van der Waals surface area contributed by atoms with Crippen LogP contribution in [0, 0.1) is 11.3 Å². The van der Waals surface area contributed by atoms with E-state index >= 15 is 0 Å². The fraction of sp³-hybridized carbons (Fsp3) is 0. The molecule has 0 aliphatic heterocycles. The van der Waals surface area contributed by atoms with E-state index in [0.717, 1.165) is 0 Å². The zero-order valence-electron chi connectivity index (χ0n) is 10.9. The molecule has 0 fully saturated rings. The molecule has 0 atom stereocenters. The van der Waals surface area contributed by atoms with Crippen LogP contribution in [-0.4, -0.2) is 10.9 Å². The highest BCUT2D eigenvalue weighted by Crippen LogP contribution is 2.20. The number of carbonyl (C=O) groups is 1. The standard InChI is InChI=1S/C15H11ClN4O/c16-13-5-1-2-6-14(13)20-15(21)11(8-17)9-19-12-4-3-7-18-10-12/h1-7,9-10,19H,(H,20,21)/b11-9-. The van der Waals surface area contributed by atoms with Crippen molar-refractivity contribution in [3.63, 3.8) is 0 Å². The highest BCUT2D eigenvalue weighted by Gasteiger charge is 2.10. The third-order valence-corrected chi connectivity index (χ3v) is 2.86. The van der Waals surface area contributed by atoms with Crippen LogP contribution >= 0.6 is 11.6 Å². The van der Waals surface area contributed by atoms with Crippen LogP contribution < -0.4 is 10.6 Å². The van der Waals surface area contributed by atoms with Gasteiger partial charge in [0.2, 0.25) is 0 Å². The third-order valence-electron chi connectivity index (χ3n) is 2.53. The Morgan fingerprint density at radius 3 is 2.76 bits per heavy atom. The van der Waals surface area contributed by atoms with E-state index in [0.29, 0.717) is 16.4 Å². The second-order valence-electron chi connectivity index (χ2n) is 3.99. The van der Waals surface area contributed by atoms with Gasteiger partial charge in [-0.3, -0.25) is 9.78 Å². The van der Waals surface area contributed by atoms with Gasteiger partial charge in [-0.1, -0.05) is 23.7 Å². The van der Waals surface area contributed by atoms with E-state index in [9.17, 15) is 4.79 Å². The number of amides is 1. The minimum atomic E-state index is -0.540. The SMILES string of the molecule is N#C/C(=C/Nc1cccnc1)C(=O)Nc1ccccc1Cl. The Kier molecular flexibility index (Phi) is 4.91. The van der Waals surface area contributed by atoms with Gasteiger partial charge in [0.25, 0.3) is 5.91 Å². The van der Waals surface area contributed by atoms with Crippen LogP contribution in [0.15, 0.2) is 60.6 Å². The Morgan fingerprint density at radius 1 is 1.29 bits per heavy atom. The van der Waals surface area contributed by atoms with Crippen LogP contribution in [0.25, 0.3) is 0 Å². The number of hydrogen-bond donors (Lipinski definition) is 2. The van der Waals surface area contributed by atoms with Gasteiger partial charge in [-0.05, 0) is 24.3 Å². The lowest BCUT2D eigenvalue weighted by atomic mass is 10.2. The van der Waals surface area contributed by atoms with Gasteiger partial charge in [0.1, 0.15) is 11.6 Å². The van der Waals surface area contributed by atoms with Gasteiger partial charge in [-0.2, -0.15) is 5.26 Å². The Hall–Kier alpha value is -2.84. The summed E-state index contributed by atoms with van der Waals surface area (Å²) in [6, 6.07) is 12.1. The lowest BCUT2D eigenvalue weighted by Gasteiger charge is -2.06. The van der Waals surface area contributed by atoms with Gasteiger partial charge in [0, 0.05) is 12.4 Å². The van der Waals surface area contributed by atoms with E-state index < -0.39 is 5.91 Å². The number of anilines is 2. The summed E-state index contributed by atoms with van der Waals surface area (Å²) in [6.45, 7) is 0. The minimum absolute atomic E-state index is 0.0706. The van der Waals surface area contributed by atoms with Crippen molar-refractivity contribution in [2.24, 2.45) is 0 Å². The number of nitrogens with one attached hydrogen (secondary N) is 2. The first-order valence-electron chi connectivity index (χ1n) is 6.03. The normalized spacial score (nSPS) is 10.6. The average Bonchev–Trinajstić information content (AvgIpc) is 2.51. The Bertz CT molecular complexity index is 707. The van der Waals surface area contributed by atoms with Crippen molar-refractivity contribution in [2.45, 2.75) is 0 Å².